The first-order valence-corrected chi connectivity index (χ1v) is 6.63. The third-order valence-electron chi connectivity index (χ3n) is 3.42. The van der Waals surface area contributed by atoms with Crippen molar-refractivity contribution in [2.75, 3.05) is 0 Å². The van der Waals surface area contributed by atoms with Gasteiger partial charge in [0, 0.05) is 5.56 Å². The molecule has 0 aliphatic rings. The molecule has 3 rings (SSSR count). The van der Waals surface area contributed by atoms with Gasteiger partial charge in [0.2, 0.25) is 0 Å². The molecule has 0 atom stereocenters. The molecule has 0 radical (unpaired) electrons. The lowest BCUT2D eigenvalue weighted by Gasteiger charge is -2.06. The van der Waals surface area contributed by atoms with Crippen molar-refractivity contribution in [2.45, 2.75) is 0 Å². The lowest BCUT2D eigenvalue weighted by molar-refractivity contribution is 0.631. The lowest BCUT2D eigenvalue weighted by Crippen LogP contribution is -1.84. The van der Waals surface area contributed by atoms with E-state index in [1.165, 1.54) is 6.07 Å². The van der Waals surface area contributed by atoms with Crippen LogP contribution in [0.1, 0.15) is 5.56 Å². The van der Waals surface area contributed by atoms with Gasteiger partial charge < -0.3 is 0 Å². The zero-order chi connectivity index (χ0) is 14.7. The summed E-state index contributed by atoms with van der Waals surface area (Å²) >= 11 is 0. The Labute approximate surface area is 122 Å². The Morgan fingerprint density at radius 2 is 1.19 bits per heavy atom. The first-order valence-electron chi connectivity index (χ1n) is 6.63. The van der Waals surface area contributed by atoms with Crippen LogP contribution in [-0.2, 0) is 0 Å². The minimum atomic E-state index is -0.219. The average Bonchev–Trinajstić information content (AvgIpc) is 2.56. The predicted molar refractivity (Wildman–Crippen MR) is 82.0 cm³/mol. The molecule has 0 saturated carbocycles. The standard InChI is InChI=1S/C19H12FN/c20-19-4-2-1-3-18(19)17-11-9-16(10-12-17)15-7-5-14(13-21)6-8-15/h1-12H. The van der Waals surface area contributed by atoms with Crippen molar-refractivity contribution in [2.24, 2.45) is 0 Å². The maximum absolute atomic E-state index is 13.8. The smallest absolute Gasteiger partial charge is 0.131 e. The van der Waals surface area contributed by atoms with Gasteiger partial charge >= 0.3 is 0 Å². The Morgan fingerprint density at radius 1 is 0.667 bits per heavy atom. The second kappa shape index (κ2) is 5.60. The average molecular weight is 273 g/mol. The summed E-state index contributed by atoms with van der Waals surface area (Å²) in [6.45, 7) is 0. The largest absolute Gasteiger partial charge is 0.206 e. The zero-order valence-corrected chi connectivity index (χ0v) is 11.3. The fraction of sp³-hybridized carbons (Fsp3) is 0. The van der Waals surface area contributed by atoms with Crippen LogP contribution in [0.2, 0.25) is 0 Å². The molecule has 0 aromatic heterocycles. The molecule has 0 fully saturated rings. The molecule has 0 saturated heterocycles. The third-order valence-corrected chi connectivity index (χ3v) is 3.42. The summed E-state index contributed by atoms with van der Waals surface area (Å²) in [5.74, 6) is -0.219. The number of benzene rings is 3. The normalized spacial score (nSPS) is 10.1. The van der Waals surface area contributed by atoms with Crippen molar-refractivity contribution in [3.63, 3.8) is 0 Å². The highest BCUT2D eigenvalue weighted by molar-refractivity contribution is 5.71. The van der Waals surface area contributed by atoms with Gasteiger partial charge in [-0.1, -0.05) is 54.6 Å². The number of rotatable bonds is 2. The van der Waals surface area contributed by atoms with Gasteiger partial charge in [0.05, 0.1) is 11.6 Å². The molecule has 21 heavy (non-hydrogen) atoms. The van der Waals surface area contributed by atoms with E-state index in [9.17, 15) is 4.39 Å². The Hall–Kier alpha value is -2.92. The van der Waals surface area contributed by atoms with Crippen LogP contribution in [0.3, 0.4) is 0 Å². The highest BCUT2D eigenvalue weighted by atomic mass is 19.1. The van der Waals surface area contributed by atoms with Gasteiger partial charge in [-0.25, -0.2) is 4.39 Å². The zero-order valence-electron chi connectivity index (χ0n) is 11.3. The molecule has 0 unspecified atom stereocenters. The maximum Gasteiger partial charge on any atom is 0.131 e. The fourth-order valence-electron chi connectivity index (χ4n) is 2.27. The van der Waals surface area contributed by atoms with E-state index in [-0.39, 0.29) is 5.82 Å². The summed E-state index contributed by atoms with van der Waals surface area (Å²) in [4.78, 5) is 0. The van der Waals surface area contributed by atoms with Crippen molar-refractivity contribution in [3.8, 4) is 28.3 Å². The Balaban J connectivity index is 1.94. The van der Waals surface area contributed by atoms with E-state index >= 15 is 0 Å². The fourth-order valence-corrected chi connectivity index (χ4v) is 2.27. The van der Waals surface area contributed by atoms with Crippen LogP contribution >= 0.6 is 0 Å². The summed E-state index contributed by atoms with van der Waals surface area (Å²) in [6.07, 6.45) is 0. The molecule has 0 amide bonds. The van der Waals surface area contributed by atoms with Gasteiger partial charge in [-0.3, -0.25) is 0 Å². The highest BCUT2D eigenvalue weighted by Gasteiger charge is 2.04. The summed E-state index contributed by atoms with van der Waals surface area (Å²) < 4.78 is 13.8. The van der Waals surface area contributed by atoms with Crippen LogP contribution in [-0.4, -0.2) is 0 Å². The molecule has 0 bridgehead atoms. The SMILES string of the molecule is N#Cc1ccc(-c2ccc(-c3ccccc3F)cc2)cc1. The molecule has 1 nitrogen and oxygen atoms in total. The summed E-state index contributed by atoms with van der Waals surface area (Å²) in [5, 5.41) is 8.80. The van der Waals surface area contributed by atoms with E-state index in [1.807, 2.05) is 42.5 Å². The van der Waals surface area contributed by atoms with Crippen LogP contribution in [0.5, 0.6) is 0 Å². The molecule has 0 aliphatic carbocycles. The van der Waals surface area contributed by atoms with Crippen LogP contribution in [0.15, 0.2) is 72.8 Å². The Bertz CT molecular complexity index is 796. The first kappa shape index (κ1) is 13.1. The van der Waals surface area contributed by atoms with Gasteiger partial charge in [0.15, 0.2) is 0 Å². The molecule has 0 heterocycles. The second-order valence-electron chi connectivity index (χ2n) is 4.75. The van der Waals surface area contributed by atoms with Gasteiger partial charge in [-0.15, -0.1) is 0 Å². The van der Waals surface area contributed by atoms with Crippen molar-refractivity contribution < 1.29 is 4.39 Å². The number of hydrogen-bond acceptors (Lipinski definition) is 1. The van der Waals surface area contributed by atoms with E-state index in [1.54, 1.807) is 24.3 Å². The molecule has 3 aromatic carbocycles. The third kappa shape index (κ3) is 2.68. The van der Waals surface area contributed by atoms with Crippen LogP contribution < -0.4 is 0 Å². The van der Waals surface area contributed by atoms with Crippen molar-refractivity contribution in [3.05, 3.63) is 84.2 Å². The molecule has 0 N–H and O–H groups in total. The molecule has 2 heteroatoms. The van der Waals surface area contributed by atoms with E-state index in [2.05, 4.69) is 6.07 Å². The number of nitrogens with zero attached hydrogens (tertiary/aromatic N) is 1. The predicted octanol–water partition coefficient (Wildman–Crippen LogP) is 5.03. The van der Waals surface area contributed by atoms with E-state index in [0.717, 1.165) is 16.7 Å². The number of nitriles is 1. The molecular formula is C19H12FN. The highest BCUT2D eigenvalue weighted by Crippen LogP contribution is 2.26. The molecule has 0 spiro atoms. The van der Waals surface area contributed by atoms with Crippen LogP contribution in [0.25, 0.3) is 22.3 Å². The minimum Gasteiger partial charge on any atom is -0.206 e. The van der Waals surface area contributed by atoms with E-state index in [4.69, 9.17) is 5.26 Å². The number of halogens is 1. The van der Waals surface area contributed by atoms with E-state index < -0.39 is 0 Å². The summed E-state index contributed by atoms with van der Waals surface area (Å²) in [6, 6.07) is 24.0. The van der Waals surface area contributed by atoms with Crippen molar-refractivity contribution >= 4 is 0 Å². The summed E-state index contributed by atoms with van der Waals surface area (Å²) in [7, 11) is 0. The molecular weight excluding hydrogens is 261 g/mol. The van der Waals surface area contributed by atoms with Gasteiger partial charge in [0.25, 0.3) is 0 Å². The minimum absolute atomic E-state index is 0.219. The van der Waals surface area contributed by atoms with Gasteiger partial charge in [-0.2, -0.15) is 5.26 Å². The quantitative estimate of drug-likeness (QED) is 0.642. The van der Waals surface area contributed by atoms with Gasteiger partial charge in [-0.05, 0) is 34.9 Å². The van der Waals surface area contributed by atoms with Crippen LogP contribution in [0.4, 0.5) is 4.39 Å². The first-order chi connectivity index (χ1) is 10.3. The maximum atomic E-state index is 13.8. The summed E-state index contributed by atoms with van der Waals surface area (Å²) in [5.41, 5.74) is 4.17. The van der Waals surface area contributed by atoms with Gasteiger partial charge in [0.1, 0.15) is 5.82 Å². The Kier molecular flexibility index (Phi) is 3.49. The number of hydrogen-bond donors (Lipinski definition) is 0. The monoisotopic (exact) mass is 273 g/mol. The Morgan fingerprint density at radius 3 is 1.76 bits per heavy atom. The van der Waals surface area contributed by atoms with Crippen molar-refractivity contribution in [1.82, 2.24) is 0 Å². The van der Waals surface area contributed by atoms with Crippen LogP contribution in [0, 0.1) is 17.1 Å². The molecule has 100 valence electrons. The topological polar surface area (TPSA) is 23.8 Å². The molecule has 0 aliphatic heterocycles. The second-order valence-corrected chi connectivity index (χ2v) is 4.75. The van der Waals surface area contributed by atoms with E-state index in [0.29, 0.717) is 11.1 Å². The lowest BCUT2D eigenvalue weighted by atomic mass is 9.99. The molecule has 3 aromatic rings. The van der Waals surface area contributed by atoms with Crippen molar-refractivity contribution in [1.29, 1.82) is 5.26 Å².